The number of amides is 1. The van der Waals surface area contributed by atoms with Gasteiger partial charge in [0.1, 0.15) is 30.2 Å². The van der Waals surface area contributed by atoms with Gasteiger partial charge in [0.05, 0.1) is 18.5 Å². The third-order valence-corrected chi connectivity index (χ3v) is 4.59. The van der Waals surface area contributed by atoms with Crippen LogP contribution in [0.2, 0.25) is 0 Å². The van der Waals surface area contributed by atoms with Crippen LogP contribution in [-0.2, 0) is 9.53 Å². The predicted octanol–water partition coefficient (Wildman–Crippen LogP) is 0.221. The molecule has 5 atom stereocenters. The van der Waals surface area contributed by atoms with Crippen molar-refractivity contribution in [1.29, 1.82) is 0 Å². The average Bonchev–Trinajstić information content (AvgIpc) is 2.75. The maximum Gasteiger partial charge on any atom is 0.248 e. The van der Waals surface area contributed by atoms with Crippen molar-refractivity contribution in [3.05, 3.63) is 59.9 Å². The van der Waals surface area contributed by atoms with Crippen molar-refractivity contribution >= 4 is 17.7 Å². The van der Waals surface area contributed by atoms with Crippen molar-refractivity contribution in [3.8, 4) is 5.75 Å². The Morgan fingerprint density at radius 1 is 1.13 bits per heavy atom. The Hall–Kier alpha value is -2.82. The van der Waals surface area contributed by atoms with Crippen LogP contribution in [0.4, 0.5) is 5.69 Å². The van der Waals surface area contributed by atoms with Crippen molar-refractivity contribution in [1.82, 2.24) is 4.98 Å². The first-order chi connectivity index (χ1) is 14.4. The van der Waals surface area contributed by atoms with Gasteiger partial charge in [-0.15, -0.1) is 0 Å². The molecule has 0 aliphatic carbocycles. The van der Waals surface area contributed by atoms with Gasteiger partial charge in [0.15, 0.2) is 0 Å². The highest BCUT2D eigenvalue weighted by Crippen LogP contribution is 2.24. The monoisotopic (exact) mass is 416 g/mol. The highest BCUT2D eigenvalue weighted by molar-refractivity contribution is 6.01. The van der Waals surface area contributed by atoms with Crippen molar-refractivity contribution in [2.45, 2.75) is 37.6 Å². The Balaban J connectivity index is 1.57. The Bertz CT molecular complexity index is 868. The summed E-state index contributed by atoms with van der Waals surface area (Å²) in [5.74, 6) is 0.0361. The summed E-state index contributed by atoms with van der Waals surface area (Å²) < 4.78 is 10.8. The molecule has 160 valence electrons. The van der Waals surface area contributed by atoms with Crippen LogP contribution in [0.25, 0.3) is 6.08 Å². The van der Waals surface area contributed by atoms with E-state index < -0.39 is 37.3 Å². The molecule has 0 spiro atoms. The molecular weight excluding hydrogens is 392 g/mol. The van der Waals surface area contributed by atoms with Crippen LogP contribution in [0.1, 0.15) is 11.3 Å². The molecule has 9 nitrogen and oxygen atoms in total. The van der Waals surface area contributed by atoms with Crippen LogP contribution >= 0.6 is 0 Å². The fraction of sp³-hybridized carbons (Fsp3) is 0.333. The number of ether oxygens (including phenoxy) is 2. The fourth-order valence-corrected chi connectivity index (χ4v) is 2.85. The van der Waals surface area contributed by atoms with Crippen LogP contribution in [0.5, 0.6) is 5.75 Å². The molecule has 1 amide bonds. The highest BCUT2D eigenvalue weighted by atomic mass is 16.7. The minimum Gasteiger partial charge on any atom is -0.462 e. The standard InChI is InChI=1S/C21H24N2O7/c1-12-2-6-14(10-22-12)23-17(25)9-5-13-3-7-15(8-4-13)29-21-20(28)19(27)18(26)16(11-24)30-21/h2-10,16,18-21,24,26-28H,11H2,1H3,(H,23,25)/b9-5+. The van der Waals surface area contributed by atoms with E-state index in [1.54, 1.807) is 48.7 Å². The Morgan fingerprint density at radius 3 is 2.50 bits per heavy atom. The predicted molar refractivity (Wildman–Crippen MR) is 107 cm³/mol. The molecule has 1 aliphatic heterocycles. The minimum absolute atomic E-state index is 0.303. The van der Waals surface area contributed by atoms with Gasteiger partial charge in [-0.2, -0.15) is 0 Å². The van der Waals surface area contributed by atoms with Crippen LogP contribution in [0, 0.1) is 6.92 Å². The molecule has 5 unspecified atom stereocenters. The molecule has 1 aromatic carbocycles. The number of hydrogen-bond acceptors (Lipinski definition) is 8. The zero-order valence-corrected chi connectivity index (χ0v) is 16.3. The van der Waals surface area contributed by atoms with Gasteiger partial charge in [0.25, 0.3) is 0 Å². The fourth-order valence-electron chi connectivity index (χ4n) is 2.85. The molecule has 1 aliphatic rings. The molecule has 2 heterocycles. The summed E-state index contributed by atoms with van der Waals surface area (Å²) in [4.78, 5) is 16.1. The summed E-state index contributed by atoms with van der Waals surface area (Å²) in [6, 6.07) is 10.1. The number of nitrogens with one attached hydrogen (secondary N) is 1. The maximum absolute atomic E-state index is 12.0. The van der Waals surface area contributed by atoms with Crippen molar-refractivity contribution in [2.75, 3.05) is 11.9 Å². The number of benzene rings is 1. The third-order valence-electron chi connectivity index (χ3n) is 4.59. The van der Waals surface area contributed by atoms with E-state index in [2.05, 4.69) is 10.3 Å². The lowest BCUT2D eigenvalue weighted by Crippen LogP contribution is -2.60. The summed E-state index contributed by atoms with van der Waals surface area (Å²) >= 11 is 0. The first-order valence-corrected chi connectivity index (χ1v) is 9.36. The molecule has 0 saturated carbocycles. The van der Waals surface area contributed by atoms with Gasteiger partial charge >= 0.3 is 0 Å². The van der Waals surface area contributed by atoms with Gasteiger partial charge < -0.3 is 35.2 Å². The van der Waals surface area contributed by atoms with Gasteiger partial charge in [-0.25, -0.2) is 0 Å². The lowest BCUT2D eigenvalue weighted by Gasteiger charge is -2.39. The largest absolute Gasteiger partial charge is 0.462 e. The number of nitrogens with zero attached hydrogens (tertiary/aromatic N) is 1. The number of aromatic nitrogens is 1. The second-order valence-corrected chi connectivity index (χ2v) is 6.90. The van der Waals surface area contributed by atoms with E-state index in [9.17, 15) is 25.2 Å². The molecule has 3 rings (SSSR count). The highest BCUT2D eigenvalue weighted by Gasteiger charge is 2.44. The second kappa shape index (κ2) is 9.79. The Labute approximate surface area is 173 Å². The number of aliphatic hydroxyl groups excluding tert-OH is 4. The van der Waals surface area contributed by atoms with Crippen LogP contribution in [-0.4, -0.2) is 68.6 Å². The molecule has 0 radical (unpaired) electrons. The second-order valence-electron chi connectivity index (χ2n) is 6.90. The molecular formula is C21H24N2O7. The van der Waals surface area contributed by atoms with Gasteiger partial charge in [-0.05, 0) is 42.8 Å². The van der Waals surface area contributed by atoms with Crippen molar-refractivity contribution in [2.24, 2.45) is 0 Å². The van der Waals surface area contributed by atoms with E-state index in [0.29, 0.717) is 11.4 Å². The zero-order valence-electron chi connectivity index (χ0n) is 16.3. The summed E-state index contributed by atoms with van der Waals surface area (Å²) in [7, 11) is 0. The number of anilines is 1. The van der Waals surface area contributed by atoms with Gasteiger partial charge in [-0.3, -0.25) is 9.78 Å². The zero-order chi connectivity index (χ0) is 21.7. The summed E-state index contributed by atoms with van der Waals surface area (Å²) in [6.45, 7) is 1.33. The Kier molecular flexibility index (Phi) is 7.14. The number of aryl methyl sites for hydroxylation is 1. The normalized spacial score (nSPS) is 26.5. The number of carbonyl (C=O) groups is 1. The van der Waals surface area contributed by atoms with Crippen molar-refractivity contribution in [3.63, 3.8) is 0 Å². The molecule has 9 heteroatoms. The van der Waals surface area contributed by atoms with Gasteiger partial charge in [-0.1, -0.05) is 12.1 Å². The molecule has 2 aromatic rings. The average molecular weight is 416 g/mol. The molecule has 1 aromatic heterocycles. The van der Waals surface area contributed by atoms with Crippen LogP contribution < -0.4 is 10.1 Å². The number of hydrogen-bond donors (Lipinski definition) is 5. The van der Waals surface area contributed by atoms with Crippen LogP contribution in [0.3, 0.4) is 0 Å². The van der Waals surface area contributed by atoms with E-state index in [4.69, 9.17) is 9.47 Å². The molecule has 1 saturated heterocycles. The molecule has 30 heavy (non-hydrogen) atoms. The first-order valence-electron chi connectivity index (χ1n) is 9.36. The summed E-state index contributed by atoms with van der Waals surface area (Å²) in [5.41, 5.74) is 2.18. The number of pyridine rings is 1. The van der Waals surface area contributed by atoms with E-state index in [0.717, 1.165) is 11.3 Å². The number of rotatable bonds is 6. The quantitative estimate of drug-likeness (QED) is 0.421. The van der Waals surface area contributed by atoms with Gasteiger partial charge in [0.2, 0.25) is 12.2 Å². The topological polar surface area (TPSA) is 141 Å². The lowest BCUT2D eigenvalue weighted by atomic mass is 9.99. The molecule has 1 fully saturated rings. The smallest absolute Gasteiger partial charge is 0.248 e. The van der Waals surface area contributed by atoms with Crippen molar-refractivity contribution < 1.29 is 34.7 Å². The SMILES string of the molecule is Cc1ccc(NC(=O)/C=C/c2ccc(OC3OC(CO)C(O)C(O)C3O)cc2)cn1. The first kappa shape index (κ1) is 21.9. The summed E-state index contributed by atoms with van der Waals surface area (Å²) in [5, 5.41) is 41.5. The summed E-state index contributed by atoms with van der Waals surface area (Å²) in [6.07, 6.45) is -2.16. The van der Waals surface area contributed by atoms with Gasteiger partial charge in [0, 0.05) is 11.8 Å². The van der Waals surface area contributed by atoms with Crippen LogP contribution in [0.15, 0.2) is 48.7 Å². The Morgan fingerprint density at radius 2 is 1.87 bits per heavy atom. The van der Waals surface area contributed by atoms with E-state index in [1.165, 1.54) is 6.08 Å². The minimum atomic E-state index is -1.51. The number of carbonyl (C=O) groups excluding carboxylic acids is 1. The third kappa shape index (κ3) is 5.41. The van der Waals surface area contributed by atoms with E-state index in [-0.39, 0.29) is 5.91 Å². The van der Waals surface area contributed by atoms with E-state index >= 15 is 0 Å². The lowest BCUT2D eigenvalue weighted by molar-refractivity contribution is -0.277. The molecule has 5 N–H and O–H groups in total. The number of aliphatic hydroxyl groups is 4. The maximum atomic E-state index is 12.0. The van der Waals surface area contributed by atoms with E-state index in [1.807, 2.05) is 6.92 Å². The molecule has 0 bridgehead atoms.